The number of nitrogens with one attached hydrogen (secondary N) is 1. The fraction of sp³-hybridized carbons (Fsp3) is 0.500. The minimum absolute atomic E-state index is 0.106. The zero-order valence-electron chi connectivity index (χ0n) is 11.8. The predicted octanol–water partition coefficient (Wildman–Crippen LogP) is 1.13. The Labute approximate surface area is 113 Å². The minimum atomic E-state index is -0.617. The van der Waals surface area contributed by atoms with E-state index in [2.05, 4.69) is 5.32 Å². The predicted molar refractivity (Wildman–Crippen MR) is 72.6 cm³/mol. The second-order valence-electron chi connectivity index (χ2n) is 4.96. The molecule has 0 spiro atoms. The van der Waals surface area contributed by atoms with Crippen molar-refractivity contribution in [1.82, 2.24) is 5.32 Å². The summed E-state index contributed by atoms with van der Waals surface area (Å²) in [5.74, 6) is 1.07. The SMILES string of the molecule is COc1ccc(CC(=O)NC(C)(C)CO)cc1OC. The zero-order valence-corrected chi connectivity index (χ0v) is 11.8. The van der Waals surface area contributed by atoms with Crippen LogP contribution in [0.4, 0.5) is 0 Å². The van der Waals surface area contributed by atoms with Crippen molar-refractivity contribution in [2.24, 2.45) is 0 Å². The maximum absolute atomic E-state index is 11.8. The van der Waals surface area contributed by atoms with Crippen LogP contribution in [-0.2, 0) is 11.2 Å². The van der Waals surface area contributed by atoms with E-state index in [4.69, 9.17) is 14.6 Å². The van der Waals surface area contributed by atoms with Gasteiger partial charge in [-0.15, -0.1) is 0 Å². The van der Waals surface area contributed by atoms with E-state index in [0.717, 1.165) is 5.56 Å². The molecule has 5 nitrogen and oxygen atoms in total. The number of aliphatic hydroxyl groups is 1. The standard InChI is InChI=1S/C14H21NO4/c1-14(2,9-16)15-13(17)8-10-5-6-11(18-3)12(7-10)19-4/h5-7,16H,8-9H2,1-4H3,(H,15,17). The summed E-state index contributed by atoms with van der Waals surface area (Å²) in [7, 11) is 3.12. The van der Waals surface area contributed by atoms with Gasteiger partial charge in [0.2, 0.25) is 5.91 Å². The Kier molecular flexibility index (Phi) is 5.18. The van der Waals surface area contributed by atoms with Crippen LogP contribution in [0.1, 0.15) is 19.4 Å². The maximum Gasteiger partial charge on any atom is 0.224 e. The van der Waals surface area contributed by atoms with Gasteiger partial charge in [-0.2, -0.15) is 0 Å². The molecule has 1 aromatic carbocycles. The van der Waals surface area contributed by atoms with E-state index in [1.165, 1.54) is 0 Å². The number of carbonyl (C=O) groups is 1. The molecule has 0 fully saturated rings. The number of rotatable bonds is 6. The second kappa shape index (κ2) is 6.43. The summed E-state index contributed by atoms with van der Waals surface area (Å²) in [6.07, 6.45) is 0.226. The van der Waals surface area contributed by atoms with Gasteiger partial charge in [0, 0.05) is 0 Å². The molecule has 0 saturated heterocycles. The Bertz CT molecular complexity index is 443. The van der Waals surface area contributed by atoms with E-state index in [-0.39, 0.29) is 18.9 Å². The smallest absolute Gasteiger partial charge is 0.224 e. The van der Waals surface area contributed by atoms with Gasteiger partial charge in [-0.3, -0.25) is 4.79 Å². The first-order valence-electron chi connectivity index (χ1n) is 6.04. The summed E-state index contributed by atoms with van der Waals surface area (Å²) in [5.41, 5.74) is 0.206. The average molecular weight is 267 g/mol. The number of ether oxygens (including phenoxy) is 2. The lowest BCUT2D eigenvalue weighted by Gasteiger charge is -2.23. The molecule has 0 heterocycles. The fourth-order valence-corrected chi connectivity index (χ4v) is 1.64. The summed E-state index contributed by atoms with van der Waals surface area (Å²) in [6, 6.07) is 5.34. The lowest BCUT2D eigenvalue weighted by Crippen LogP contribution is -2.46. The Balaban J connectivity index is 2.75. The molecule has 5 heteroatoms. The Hall–Kier alpha value is -1.75. The van der Waals surface area contributed by atoms with Crippen molar-refractivity contribution in [3.63, 3.8) is 0 Å². The third-order valence-electron chi connectivity index (χ3n) is 2.69. The van der Waals surface area contributed by atoms with E-state index < -0.39 is 5.54 Å². The van der Waals surface area contributed by atoms with E-state index >= 15 is 0 Å². The normalized spacial score (nSPS) is 11.0. The molecule has 0 radical (unpaired) electrons. The molecule has 1 aromatic rings. The maximum atomic E-state index is 11.8. The zero-order chi connectivity index (χ0) is 14.5. The lowest BCUT2D eigenvalue weighted by molar-refractivity contribution is -0.122. The topological polar surface area (TPSA) is 67.8 Å². The largest absolute Gasteiger partial charge is 0.493 e. The molecule has 0 atom stereocenters. The van der Waals surface area contributed by atoms with Crippen molar-refractivity contribution >= 4 is 5.91 Å². The van der Waals surface area contributed by atoms with E-state index in [1.807, 2.05) is 6.07 Å². The molecule has 106 valence electrons. The van der Waals surface area contributed by atoms with Gasteiger partial charge in [0.25, 0.3) is 0 Å². The van der Waals surface area contributed by atoms with E-state index in [9.17, 15) is 4.79 Å². The third kappa shape index (κ3) is 4.44. The van der Waals surface area contributed by atoms with Gasteiger partial charge in [0.05, 0.1) is 32.8 Å². The molecule has 1 amide bonds. The molecular formula is C14H21NO4. The molecule has 0 aliphatic carbocycles. The molecule has 2 N–H and O–H groups in total. The number of carbonyl (C=O) groups excluding carboxylic acids is 1. The number of amides is 1. The minimum Gasteiger partial charge on any atom is -0.493 e. The fourth-order valence-electron chi connectivity index (χ4n) is 1.64. The van der Waals surface area contributed by atoms with Crippen LogP contribution in [0.3, 0.4) is 0 Å². The van der Waals surface area contributed by atoms with Crippen molar-refractivity contribution in [2.75, 3.05) is 20.8 Å². The molecular weight excluding hydrogens is 246 g/mol. The van der Waals surface area contributed by atoms with Gasteiger partial charge >= 0.3 is 0 Å². The van der Waals surface area contributed by atoms with Crippen LogP contribution in [0.25, 0.3) is 0 Å². The van der Waals surface area contributed by atoms with Crippen molar-refractivity contribution in [3.05, 3.63) is 23.8 Å². The summed E-state index contributed by atoms with van der Waals surface area (Å²) in [6.45, 7) is 3.42. The first-order valence-corrected chi connectivity index (χ1v) is 6.04. The molecule has 0 aromatic heterocycles. The van der Waals surface area contributed by atoms with E-state index in [0.29, 0.717) is 11.5 Å². The summed E-state index contributed by atoms with van der Waals surface area (Å²) < 4.78 is 10.3. The summed E-state index contributed by atoms with van der Waals surface area (Å²) in [4.78, 5) is 11.8. The van der Waals surface area contributed by atoms with Crippen LogP contribution in [0.2, 0.25) is 0 Å². The van der Waals surface area contributed by atoms with Crippen molar-refractivity contribution in [1.29, 1.82) is 0 Å². The highest BCUT2D eigenvalue weighted by atomic mass is 16.5. The quantitative estimate of drug-likeness (QED) is 0.811. The Morgan fingerprint density at radius 3 is 2.42 bits per heavy atom. The van der Waals surface area contributed by atoms with Gasteiger partial charge < -0.3 is 19.9 Å². The lowest BCUT2D eigenvalue weighted by atomic mass is 10.1. The highest BCUT2D eigenvalue weighted by molar-refractivity contribution is 5.79. The van der Waals surface area contributed by atoms with Gasteiger partial charge in [0.15, 0.2) is 11.5 Å². The number of aliphatic hydroxyl groups excluding tert-OH is 1. The highest BCUT2D eigenvalue weighted by Gasteiger charge is 2.19. The molecule has 0 bridgehead atoms. The molecule has 0 aliphatic rings. The van der Waals surface area contributed by atoms with Crippen LogP contribution in [-0.4, -0.2) is 37.4 Å². The van der Waals surface area contributed by atoms with Crippen molar-refractivity contribution in [3.8, 4) is 11.5 Å². The second-order valence-corrected chi connectivity index (χ2v) is 4.96. The number of methoxy groups -OCH3 is 2. The van der Waals surface area contributed by atoms with Gasteiger partial charge in [-0.1, -0.05) is 6.07 Å². The third-order valence-corrected chi connectivity index (χ3v) is 2.69. The molecule has 0 unspecified atom stereocenters. The molecule has 0 aliphatic heterocycles. The Morgan fingerprint density at radius 1 is 1.26 bits per heavy atom. The molecule has 0 saturated carbocycles. The highest BCUT2D eigenvalue weighted by Crippen LogP contribution is 2.27. The van der Waals surface area contributed by atoms with Crippen LogP contribution >= 0.6 is 0 Å². The molecule has 19 heavy (non-hydrogen) atoms. The summed E-state index contributed by atoms with van der Waals surface area (Å²) >= 11 is 0. The van der Waals surface area contributed by atoms with Crippen LogP contribution in [0.5, 0.6) is 11.5 Å². The summed E-state index contributed by atoms with van der Waals surface area (Å²) in [5, 5.41) is 11.9. The average Bonchev–Trinajstić information content (AvgIpc) is 2.37. The first kappa shape index (κ1) is 15.3. The van der Waals surface area contributed by atoms with Crippen LogP contribution in [0, 0.1) is 0 Å². The number of hydrogen-bond acceptors (Lipinski definition) is 4. The van der Waals surface area contributed by atoms with Gasteiger partial charge in [0.1, 0.15) is 0 Å². The van der Waals surface area contributed by atoms with Crippen LogP contribution < -0.4 is 14.8 Å². The first-order chi connectivity index (χ1) is 8.91. The van der Waals surface area contributed by atoms with E-state index in [1.54, 1.807) is 40.2 Å². The van der Waals surface area contributed by atoms with Gasteiger partial charge in [-0.25, -0.2) is 0 Å². The number of hydrogen-bond donors (Lipinski definition) is 2. The van der Waals surface area contributed by atoms with Crippen molar-refractivity contribution in [2.45, 2.75) is 25.8 Å². The number of benzene rings is 1. The monoisotopic (exact) mass is 267 g/mol. The van der Waals surface area contributed by atoms with Crippen LogP contribution in [0.15, 0.2) is 18.2 Å². The van der Waals surface area contributed by atoms with Gasteiger partial charge in [-0.05, 0) is 31.5 Å². The molecule has 1 rings (SSSR count). The Morgan fingerprint density at radius 2 is 1.89 bits per heavy atom. The van der Waals surface area contributed by atoms with Crippen molar-refractivity contribution < 1.29 is 19.4 Å².